The highest BCUT2D eigenvalue weighted by atomic mass is 35.7. The lowest BCUT2D eigenvalue weighted by atomic mass is 10.4. The smallest absolute Gasteiger partial charge is 0.146 e. The zero-order valence-electron chi connectivity index (χ0n) is 7.78. The summed E-state index contributed by atoms with van der Waals surface area (Å²) in [6.45, 7) is 0.355. The average Bonchev–Trinajstić information content (AvgIpc) is 2.53. The monoisotopic (exact) mass is 224 g/mol. The van der Waals surface area contributed by atoms with Crippen LogP contribution in [0, 0.1) is 0 Å². The highest BCUT2D eigenvalue weighted by molar-refractivity contribution is 7.46. The highest BCUT2D eigenvalue weighted by Crippen LogP contribution is 2.45. The van der Waals surface area contributed by atoms with Crippen molar-refractivity contribution in [2.24, 2.45) is 0 Å². The van der Waals surface area contributed by atoms with E-state index in [-0.39, 0.29) is 0 Å². The third-order valence-corrected chi connectivity index (χ3v) is 8.59. The number of hydrogen-bond donors (Lipinski definition) is 0. The normalized spacial score (nSPS) is 20.2. The standard InChI is InChI=1S/C9H18Cl2Si/c1-2-3-8-12(10,11)9-6-4-5-7-9/h9H,2-8H2,1H3. The summed E-state index contributed by atoms with van der Waals surface area (Å²) in [5, 5.41) is 0. The molecule has 0 nitrogen and oxygen atoms in total. The summed E-state index contributed by atoms with van der Waals surface area (Å²) < 4.78 is 0. The van der Waals surface area contributed by atoms with Crippen molar-refractivity contribution < 1.29 is 0 Å². The molecule has 3 heteroatoms. The van der Waals surface area contributed by atoms with Gasteiger partial charge in [0.2, 0.25) is 0 Å². The predicted octanol–water partition coefficient (Wildman–Crippen LogP) is 4.65. The molecule has 1 aliphatic rings. The van der Waals surface area contributed by atoms with Gasteiger partial charge < -0.3 is 0 Å². The van der Waals surface area contributed by atoms with Gasteiger partial charge in [0, 0.05) is 0 Å². The van der Waals surface area contributed by atoms with Crippen molar-refractivity contribution in [1.29, 1.82) is 0 Å². The second kappa shape index (κ2) is 4.87. The van der Waals surface area contributed by atoms with Crippen LogP contribution in [-0.2, 0) is 0 Å². The molecule has 1 saturated carbocycles. The molecule has 1 fully saturated rings. The van der Waals surface area contributed by atoms with E-state index in [2.05, 4.69) is 6.92 Å². The van der Waals surface area contributed by atoms with Crippen LogP contribution in [-0.4, -0.2) is 6.69 Å². The summed E-state index contributed by atoms with van der Waals surface area (Å²) >= 11 is 12.9. The van der Waals surface area contributed by atoms with Gasteiger partial charge >= 0.3 is 0 Å². The maximum atomic E-state index is 6.43. The Balaban J connectivity index is 2.34. The second-order valence-corrected chi connectivity index (χ2v) is 11.3. The van der Waals surface area contributed by atoms with Gasteiger partial charge in [-0.25, -0.2) is 0 Å². The number of rotatable bonds is 4. The van der Waals surface area contributed by atoms with Crippen LogP contribution in [0.5, 0.6) is 0 Å². The van der Waals surface area contributed by atoms with Crippen molar-refractivity contribution in [3.05, 3.63) is 0 Å². The maximum absolute atomic E-state index is 6.43. The van der Waals surface area contributed by atoms with Gasteiger partial charge in [-0.2, -0.15) is 0 Å². The fourth-order valence-corrected chi connectivity index (χ4v) is 6.56. The molecule has 0 aromatic rings. The summed E-state index contributed by atoms with van der Waals surface area (Å²) in [7, 11) is 0. The molecule has 0 aromatic heterocycles. The first kappa shape index (κ1) is 10.9. The molecule has 0 spiro atoms. The number of halogens is 2. The van der Waals surface area contributed by atoms with E-state index in [0.29, 0.717) is 5.54 Å². The van der Waals surface area contributed by atoms with Crippen molar-refractivity contribution in [2.75, 3.05) is 0 Å². The van der Waals surface area contributed by atoms with Crippen LogP contribution in [0.15, 0.2) is 0 Å². The van der Waals surface area contributed by atoms with Crippen LogP contribution >= 0.6 is 22.2 Å². The van der Waals surface area contributed by atoms with E-state index >= 15 is 0 Å². The van der Waals surface area contributed by atoms with Crippen LogP contribution in [0.1, 0.15) is 45.4 Å². The van der Waals surface area contributed by atoms with Crippen molar-refractivity contribution >= 4 is 28.9 Å². The topological polar surface area (TPSA) is 0 Å². The van der Waals surface area contributed by atoms with Crippen molar-refractivity contribution in [3.8, 4) is 0 Å². The number of unbranched alkanes of at least 4 members (excludes halogenated alkanes) is 1. The van der Waals surface area contributed by atoms with Crippen LogP contribution in [0.3, 0.4) is 0 Å². The van der Waals surface area contributed by atoms with Crippen LogP contribution in [0.4, 0.5) is 0 Å². The molecule has 0 atom stereocenters. The summed E-state index contributed by atoms with van der Waals surface area (Å²) in [5.74, 6) is 0. The molecule has 0 unspecified atom stereocenters. The predicted molar refractivity (Wildman–Crippen MR) is 59.4 cm³/mol. The average molecular weight is 225 g/mol. The van der Waals surface area contributed by atoms with E-state index in [9.17, 15) is 0 Å². The first-order chi connectivity index (χ1) is 5.67. The van der Waals surface area contributed by atoms with Crippen LogP contribution in [0.2, 0.25) is 11.6 Å². The summed E-state index contributed by atoms with van der Waals surface area (Å²) in [6, 6.07) is 1.11. The fourth-order valence-electron chi connectivity index (χ4n) is 1.96. The fraction of sp³-hybridized carbons (Fsp3) is 1.00. The third kappa shape index (κ3) is 2.93. The molecular weight excluding hydrogens is 207 g/mol. The highest BCUT2D eigenvalue weighted by Gasteiger charge is 2.38. The SMILES string of the molecule is CCCC[Si](Cl)(Cl)C1CCCC1. The molecule has 0 amide bonds. The first-order valence-electron chi connectivity index (χ1n) is 5.04. The van der Waals surface area contributed by atoms with Gasteiger partial charge in [0.05, 0.1) is 0 Å². The summed E-state index contributed by atoms with van der Waals surface area (Å²) in [6.07, 6.45) is 7.73. The van der Waals surface area contributed by atoms with Gasteiger partial charge in [0.15, 0.2) is 0 Å². The van der Waals surface area contributed by atoms with Crippen molar-refractivity contribution in [2.45, 2.75) is 57.0 Å². The van der Waals surface area contributed by atoms with Gasteiger partial charge in [-0.05, 0) is 11.6 Å². The van der Waals surface area contributed by atoms with E-state index in [1.165, 1.54) is 38.5 Å². The Morgan fingerprint density at radius 3 is 2.33 bits per heavy atom. The molecule has 0 aliphatic heterocycles. The maximum Gasteiger partial charge on any atom is 0.254 e. The zero-order chi connectivity index (χ0) is 9.03. The van der Waals surface area contributed by atoms with Gasteiger partial charge in [-0.3, -0.25) is 0 Å². The molecule has 1 aliphatic carbocycles. The lowest BCUT2D eigenvalue weighted by molar-refractivity contribution is 0.817. The minimum Gasteiger partial charge on any atom is -0.146 e. The largest absolute Gasteiger partial charge is 0.254 e. The first-order valence-corrected chi connectivity index (χ1v) is 9.35. The van der Waals surface area contributed by atoms with Gasteiger partial charge in [-0.15, -0.1) is 22.2 Å². The Kier molecular flexibility index (Phi) is 4.42. The molecule has 0 N–H and O–H groups in total. The lowest BCUT2D eigenvalue weighted by Gasteiger charge is -2.23. The van der Waals surface area contributed by atoms with E-state index in [4.69, 9.17) is 22.2 Å². The van der Waals surface area contributed by atoms with Gasteiger partial charge in [0.25, 0.3) is 6.69 Å². The molecule has 0 saturated heterocycles. The molecule has 0 radical (unpaired) electrons. The van der Waals surface area contributed by atoms with Crippen LogP contribution < -0.4 is 0 Å². The van der Waals surface area contributed by atoms with Gasteiger partial charge in [-0.1, -0.05) is 45.4 Å². The third-order valence-electron chi connectivity index (χ3n) is 2.82. The van der Waals surface area contributed by atoms with E-state index in [0.717, 1.165) is 6.04 Å². The molecule has 72 valence electrons. The Bertz CT molecular complexity index is 130. The van der Waals surface area contributed by atoms with E-state index in [1.54, 1.807) is 0 Å². The molecular formula is C9H18Cl2Si. The lowest BCUT2D eigenvalue weighted by Crippen LogP contribution is -2.24. The van der Waals surface area contributed by atoms with E-state index < -0.39 is 6.69 Å². The molecule has 0 bridgehead atoms. The van der Waals surface area contributed by atoms with Gasteiger partial charge in [0.1, 0.15) is 0 Å². The van der Waals surface area contributed by atoms with E-state index in [1.807, 2.05) is 0 Å². The summed E-state index contributed by atoms with van der Waals surface area (Å²) in [5.41, 5.74) is 0.701. The minimum absolute atomic E-state index is 0.701. The Labute approximate surface area is 86.1 Å². The summed E-state index contributed by atoms with van der Waals surface area (Å²) in [4.78, 5) is 0. The zero-order valence-corrected chi connectivity index (χ0v) is 10.3. The minimum atomic E-state index is -1.85. The molecule has 1 rings (SSSR count). The Morgan fingerprint density at radius 2 is 1.83 bits per heavy atom. The molecule has 0 heterocycles. The quantitative estimate of drug-likeness (QED) is 0.482. The van der Waals surface area contributed by atoms with Crippen molar-refractivity contribution in [3.63, 3.8) is 0 Å². The molecule has 0 aromatic carbocycles. The van der Waals surface area contributed by atoms with Crippen LogP contribution in [0.25, 0.3) is 0 Å². The second-order valence-electron chi connectivity index (χ2n) is 3.85. The Hall–Kier alpha value is 0.797. The van der Waals surface area contributed by atoms with Crippen molar-refractivity contribution in [1.82, 2.24) is 0 Å². The number of hydrogen-bond acceptors (Lipinski definition) is 0. The molecule has 12 heavy (non-hydrogen) atoms. The Morgan fingerprint density at radius 1 is 1.25 bits per heavy atom.